The molecule has 0 saturated carbocycles. The lowest BCUT2D eigenvalue weighted by Gasteiger charge is -2.09. The third kappa shape index (κ3) is 4.81. The second-order valence-electron chi connectivity index (χ2n) is 7.05. The quantitative estimate of drug-likeness (QED) is 0.377. The number of benzene rings is 1. The van der Waals surface area contributed by atoms with Crippen LogP contribution >= 0.6 is 22.7 Å². The molecule has 0 bridgehead atoms. The zero-order chi connectivity index (χ0) is 24.2. The van der Waals surface area contributed by atoms with Crippen LogP contribution in [0.5, 0.6) is 5.75 Å². The van der Waals surface area contributed by atoms with Crippen molar-refractivity contribution in [3.63, 3.8) is 0 Å². The predicted molar refractivity (Wildman–Crippen MR) is 129 cm³/mol. The fourth-order valence-electron chi connectivity index (χ4n) is 3.21. The number of aromatic nitrogens is 4. The third-order valence-electron chi connectivity index (χ3n) is 4.77. The number of hydrogen-bond acceptors (Lipinski definition) is 10. The molecule has 11 nitrogen and oxygen atoms in total. The van der Waals surface area contributed by atoms with E-state index in [0.29, 0.717) is 42.2 Å². The fraction of sp³-hybridized carbons (Fsp3) is 0.238. The molecular formula is C21H20N6O5S2. The van der Waals surface area contributed by atoms with Gasteiger partial charge in [-0.05, 0) is 24.6 Å². The number of carbonyl (C=O) groups excluding carboxylic acids is 2. The van der Waals surface area contributed by atoms with Crippen molar-refractivity contribution >= 4 is 55.5 Å². The fourth-order valence-corrected chi connectivity index (χ4v) is 4.98. The molecule has 0 saturated heterocycles. The highest BCUT2D eigenvalue weighted by Gasteiger charge is 2.21. The van der Waals surface area contributed by atoms with E-state index in [4.69, 9.17) is 9.47 Å². The van der Waals surface area contributed by atoms with Crippen LogP contribution in [0.1, 0.15) is 20.2 Å². The van der Waals surface area contributed by atoms with Crippen molar-refractivity contribution in [1.29, 1.82) is 0 Å². The normalized spacial score (nSPS) is 10.9. The topological polar surface area (TPSA) is 137 Å². The molecule has 2 amide bonds. The van der Waals surface area contributed by atoms with Crippen LogP contribution < -0.4 is 20.9 Å². The molecule has 13 heteroatoms. The van der Waals surface area contributed by atoms with Gasteiger partial charge >= 0.3 is 0 Å². The van der Waals surface area contributed by atoms with Gasteiger partial charge in [-0.25, -0.2) is 4.98 Å². The van der Waals surface area contributed by atoms with E-state index in [-0.39, 0.29) is 19.1 Å². The molecular weight excluding hydrogens is 480 g/mol. The first-order valence-corrected chi connectivity index (χ1v) is 11.6. The number of amides is 2. The summed E-state index contributed by atoms with van der Waals surface area (Å²) >= 11 is 2.29. The zero-order valence-corrected chi connectivity index (χ0v) is 20.1. The van der Waals surface area contributed by atoms with Crippen molar-refractivity contribution in [3.05, 3.63) is 56.4 Å². The second-order valence-corrected chi connectivity index (χ2v) is 9.11. The van der Waals surface area contributed by atoms with Gasteiger partial charge in [-0.1, -0.05) is 23.5 Å². The van der Waals surface area contributed by atoms with Crippen LogP contribution in [0.25, 0.3) is 10.2 Å². The number of anilines is 2. The summed E-state index contributed by atoms with van der Waals surface area (Å²) in [5.74, 6) is -0.312. The van der Waals surface area contributed by atoms with Crippen molar-refractivity contribution in [2.75, 3.05) is 24.9 Å². The summed E-state index contributed by atoms with van der Waals surface area (Å²) in [5, 5.41) is 14.4. The Bertz CT molecular complexity index is 1430. The summed E-state index contributed by atoms with van der Waals surface area (Å²) in [7, 11) is 3.05. The molecule has 0 fully saturated rings. The van der Waals surface area contributed by atoms with Gasteiger partial charge in [-0.3, -0.25) is 24.3 Å². The standard InChI is InChI=1S/C21H20N6O5S2/c1-11-16-19(34-17(11)18(29)23-12-6-4-5-7-13(12)32-3)22-10-27(20(16)30)8-14(28)24-21-26-25-15(33-21)9-31-2/h4-7,10H,8-9H2,1-3H3,(H,23,29)(H,24,26,28). The zero-order valence-electron chi connectivity index (χ0n) is 18.4. The van der Waals surface area contributed by atoms with Gasteiger partial charge in [0.1, 0.15) is 28.7 Å². The first kappa shape index (κ1) is 23.5. The summed E-state index contributed by atoms with van der Waals surface area (Å²) in [6.07, 6.45) is 1.29. The van der Waals surface area contributed by atoms with Crippen molar-refractivity contribution in [2.45, 2.75) is 20.1 Å². The Balaban J connectivity index is 1.55. The Labute approximate surface area is 201 Å². The maximum atomic E-state index is 13.1. The highest BCUT2D eigenvalue weighted by molar-refractivity contribution is 7.20. The molecule has 0 spiro atoms. The van der Waals surface area contributed by atoms with E-state index < -0.39 is 11.5 Å². The van der Waals surface area contributed by atoms with Crippen LogP contribution in [0.15, 0.2) is 35.4 Å². The number of aryl methyl sites for hydroxylation is 1. The molecule has 0 aliphatic heterocycles. The average molecular weight is 501 g/mol. The lowest BCUT2D eigenvalue weighted by atomic mass is 10.2. The number of fused-ring (bicyclic) bond motifs is 1. The number of nitrogens with one attached hydrogen (secondary N) is 2. The van der Waals surface area contributed by atoms with Gasteiger partial charge in [0.25, 0.3) is 11.5 Å². The molecule has 176 valence electrons. The van der Waals surface area contributed by atoms with Crippen LogP contribution in [0.3, 0.4) is 0 Å². The molecule has 0 aliphatic rings. The number of hydrogen-bond donors (Lipinski definition) is 2. The third-order valence-corrected chi connectivity index (χ3v) is 6.78. The molecule has 0 unspecified atom stereocenters. The number of rotatable bonds is 8. The molecule has 3 aromatic heterocycles. The summed E-state index contributed by atoms with van der Waals surface area (Å²) in [6, 6.07) is 7.03. The van der Waals surface area contributed by atoms with Gasteiger partial charge in [0, 0.05) is 7.11 Å². The summed E-state index contributed by atoms with van der Waals surface area (Å²) < 4.78 is 11.4. The Hall–Kier alpha value is -3.68. The highest BCUT2D eigenvalue weighted by atomic mass is 32.1. The first-order valence-electron chi connectivity index (χ1n) is 9.95. The lowest BCUT2D eigenvalue weighted by molar-refractivity contribution is -0.116. The van der Waals surface area contributed by atoms with Crippen LogP contribution in [-0.2, 0) is 22.7 Å². The number of carbonyl (C=O) groups is 2. The SMILES string of the molecule is COCc1nnc(NC(=O)Cn2cnc3sc(C(=O)Nc4ccccc4OC)c(C)c3c2=O)s1. The van der Waals surface area contributed by atoms with Crippen molar-refractivity contribution < 1.29 is 19.1 Å². The number of methoxy groups -OCH3 is 2. The van der Waals surface area contributed by atoms with Crippen LogP contribution in [0.4, 0.5) is 10.8 Å². The van der Waals surface area contributed by atoms with E-state index >= 15 is 0 Å². The summed E-state index contributed by atoms with van der Waals surface area (Å²) in [4.78, 5) is 43.5. The Morgan fingerprint density at radius 3 is 2.68 bits per heavy atom. The summed E-state index contributed by atoms with van der Waals surface area (Å²) in [5.41, 5.74) is 0.592. The van der Waals surface area contributed by atoms with Gasteiger partial charge in [0.2, 0.25) is 11.0 Å². The van der Waals surface area contributed by atoms with Crippen molar-refractivity contribution in [2.24, 2.45) is 0 Å². The van der Waals surface area contributed by atoms with E-state index in [2.05, 4.69) is 25.8 Å². The maximum Gasteiger partial charge on any atom is 0.266 e. The van der Waals surface area contributed by atoms with Gasteiger partial charge in [0.05, 0.1) is 29.4 Å². The van der Waals surface area contributed by atoms with Crippen LogP contribution in [0, 0.1) is 6.92 Å². The van der Waals surface area contributed by atoms with Crippen molar-refractivity contribution in [3.8, 4) is 5.75 Å². The van der Waals surface area contributed by atoms with Crippen molar-refractivity contribution in [1.82, 2.24) is 19.7 Å². The van der Waals surface area contributed by atoms with E-state index in [9.17, 15) is 14.4 Å². The van der Waals surface area contributed by atoms with Gasteiger partial charge in [-0.15, -0.1) is 21.5 Å². The number of para-hydroxylation sites is 2. The molecule has 2 N–H and O–H groups in total. The van der Waals surface area contributed by atoms with Gasteiger partial charge in [-0.2, -0.15) is 0 Å². The summed E-state index contributed by atoms with van der Waals surface area (Å²) in [6.45, 7) is 1.71. The monoisotopic (exact) mass is 500 g/mol. The van der Waals surface area contributed by atoms with E-state index in [1.54, 1.807) is 31.2 Å². The van der Waals surface area contributed by atoms with E-state index in [1.807, 2.05) is 0 Å². The molecule has 34 heavy (non-hydrogen) atoms. The number of ether oxygens (including phenoxy) is 2. The minimum absolute atomic E-state index is 0.265. The largest absolute Gasteiger partial charge is 0.495 e. The molecule has 1 aromatic carbocycles. The van der Waals surface area contributed by atoms with E-state index in [0.717, 1.165) is 11.3 Å². The van der Waals surface area contributed by atoms with Gasteiger partial charge < -0.3 is 14.8 Å². The van der Waals surface area contributed by atoms with E-state index in [1.165, 1.54) is 36.5 Å². The average Bonchev–Trinajstić information content (AvgIpc) is 3.40. The Kier molecular flexibility index (Phi) is 6.95. The highest BCUT2D eigenvalue weighted by Crippen LogP contribution is 2.29. The Morgan fingerprint density at radius 2 is 1.91 bits per heavy atom. The smallest absolute Gasteiger partial charge is 0.266 e. The van der Waals surface area contributed by atoms with Gasteiger partial charge in [0.15, 0.2) is 0 Å². The second kappa shape index (κ2) is 10.1. The predicted octanol–water partition coefficient (Wildman–Crippen LogP) is 2.66. The number of nitrogens with zero attached hydrogens (tertiary/aromatic N) is 4. The maximum absolute atomic E-state index is 13.1. The molecule has 4 aromatic rings. The molecule has 0 aliphatic carbocycles. The Morgan fingerprint density at radius 1 is 1.12 bits per heavy atom. The first-order chi connectivity index (χ1) is 16.4. The van der Waals surface area contributed by atoms with Crippen LogP contribution in [0.2, 0.25) is 0 Å². The molecule has 4 rings (SSSR count). The minimum Gasteiger partial charge on any atom is -0.495 e. The lowest BCUT2D eigenvalue weighted by Crippen LogP contribution is -2.27. The minimum atomic E-state index is -0.453. The molecule has 0 atom stereocenters. The molecule has 0 radical (unpaired) electrons. The molecule has 3 heterocycles. The number of thiophene rings is 1. The van der Waals surface area contributed by atoms with Crippen LogP contribution in [-0.4, -0.2) is 45.8 Å².